The minimum atomic E-state index is -0.468. The number of nitrogens with zero attached hydrogens (tertiary/aromatic N) is 2. The van der Waals surface area contributed by atoms with E-state index in [1.54, 1.807) is 7.11 Å². The van der Waals surface area contributed by atoms with Crippen molar-refractivity contribution >= 4 is 5.97 Å². The fourth-order valence-corrected chi connectivity index (χ4v) is 2.45. The van der Waals surface area contributed by atoms with Crippen LogP contribution in [0.5, 0.6) is 0 Å². The Bertz CT molecular complexity index is 436. The summed E-state index contributed by atoms with van der Waals surface area (Å²) in [5.74, 6) is 1.13. The van der Waals surface area contributed by atoms with Gasteiger partial charge in [-0.05, 0) is 31.6 Å². The molecule has 0 radical (unpaired) electrons. The summed E-state index contributed by atoms with van der Waals surface area (Å²) < 4.78 is 15.3. The van der Waals surface area contributed by atoms with Gasteiger partial charge in [-0.2, -0.15) is 4.98 Å². The molecular weight excluding hydrogens is 248 g/mol. The van der Waals surface area contributed by atoms with Gasteiger partial charge in [-0.15, -0.1) is 0 Å². The quantitative estimate of drug-likeness (QED) is 0.776. The van der Waals surface area contributed by atoms with E-state index in [9.17, 15) is 4.79 Å². The van der Waals surface area contributed by atoms with Crippen LogP contribution in [0.15, 0.2) is 4.52 Å². The van der Waals surface area contributed by atoms with Gasteiger partial charge in [0, 0.05) is 7.11 Å². The van der Waals surface area contributed by atoms with Crippen molar-refractivity contribution in [3.8, 4) is 0 Å². The Morgan fingerprint density at radius 1 is 1.42 bits per heavy atom. The van der Waals surface area contributed by atoms with Gasteiger partial charge in [0.2, 0.25) is 11.7 Å². The van der Waals surface area contributed by atoms with Crippen LogP contribution >= 0.6 is 0 Å². The van der Waals surface area contributed by atoms with Gasteiger partial charge >= 0.3 is 5.97 Å². The van der Waals surface area contributed by atoms with E-state index in [-0.39, 0.29) is 18.3 Å². The first-order valence-electron chi connectivity index (χ1n) is 6.54. The zero-order chi connectivity index (χ0) is 13.9. The van der Waals surface area contributed by atoms with Crippen molar-refractivity contribution in [1.82, 2.24) is 10.1 Å². The van der Waals surface area contributed by atoms with Crippen molar-refractivity contribution in [2.45, 2.75) is 44.6 Å². The SMILES string of the molecule is COC(=O)Cc1nc(C2(OC)CCC(C)CC2)no1. The van der Waals surface area contributed by atoms with Gasteiger partial charge in [0.15, 0.2) is 0 Å². The van der Waals surface area contributed by atoms with Crippen LogP contribution in [-0.4, -0.2) is 30.3 Å². The standard InChI is InChI=1S/C13H20N2O4/c1-9-4-6-13(18-3,7-5-9)12-14-10(19-15-12)8-11(16)17-2/h9H,4-8H2,1-3H3. The number of hydrogen-bond donors (Lipinski definition) is 0. The smallest absolute Gasteiger partial charge is 0.315 e. The maximum absolute atomic E-state index is 11.2. The van der Waals surface area contributed by atoms with Crippen molar-refractivity contribution in [2.75, 3.05) is 14.2 Å². The minimum absolute atomic E-state index is 0.000301. The van der Waals surface area contributed by atoms with E-state index < -0.39 is 5.60 Å². The molecule has 1 heterocycles. The number of aromatic nitrogens is 2. The van der Waals surface area contributed by atoms with Crippen LogP contribution in [0.1, 0.15) is 44.3 Å². The Balaban J connectivity index is 2.13. The van der Waals surface area contributed by atoms with Crippen LogP contribution < -0.4 is 0 Å². The molecule has 1 aromatic rings. The monoisotopic (exact) mass is 268 g/mol. The van der Waals surface area contributed by atoms with Crippen molar-refractivity contribution in [1.29, 1.82) is 0 Å². The number of carbonyl (C=O) groups is 1. The highest BCUT2D eigenvalue weighted by molar-refractivity contribution is 5.71. The van der Waals surface area contributed by atoms with E-state index in [0.29, 0.717) is 11.7 Å². The lowest BCUT2D eigenvalue weighted by atomic mass is 9.79. The largest absolute Gasteiger partial charge is 0.469 e. The molecule has 0 unspecified atom stereocenters. The van der Waals surface area contributed by atoms with Crippen LogP contribution in [0, 0.1) is 5.92 Å². The topological polar surface area (TPSA) is 74.5 Å². The van der Waals surface area contributed by atoms with Crippen LogP contribution in [0.2, 0.25) is 0 Å². The van der Waals surface area contributed by atoms with Crippen molar-refractivity contribution < 1.29 is 18.8 Å². The Labute approximate surface area is 112 Å². The first-order valence-corrected chi connectivity index (χ1v) is 6.54. The lowest BCUT2D eigenvalue weighted by Gasteiger charge is -2.35. The summed E-state index contributed by atoms with van der Waals surface area (Å²) in [7, 11) is 3.01. The molecule has 106 valence electrons. The zero-order valence-electron chi connectivity index (χ0n) is 11.6. The van der Waals surface area contributed by atoms with Crippen molar-refractivity contribution in [3.63, 3.8) is 0 Å². The number of ether oxygens (including phenoxy) is 2. The maximum Gasteiger partial charge on any atom is 0.315 e. The zero-order valence-corrected chi connectivity index (χ0v) is 11.6. The average Bonchev–Trinajstić information content (AvgIpc) is 2.89. The Morgan fingerprint density at radius 3 is 2.68 bits per heavy atom. The molecule has 0 aromatic carbocycles. The second-order valence-electron chi connectivity index (χ2n) is 5.15. The highest BCUT2D eigenvalue weighted by Gasteiger charge is 2.40. The summed E-state index contributed by atoms with van der Waals surface area (Å²) >= 11 is 0. The molecular formula is C13H20N2O4. The highest BCUT2D eigenvalue weighted by Crippen LogP contribution is 2.40. The molecule has 0 aliphatic heterocycles. The molecule has 0 N–H and O–H groups in total. The molecule has 0 atom stereocenters. The van der Waals surface area contributed by atoms with E-state index in [2.05, 4.69) is 21.8 Å². The molecule has 1 fully saturated rings. The van der Waals surface area contributed by atoms with Gasteiger partial charge in [0.1, 0.15) is 12.0 Å². The third-order valence-corrected chi connectivity index (χ3v) is 3.87. The van der Waals surface area contributed by atoms with E-state index in [4.69, 9.17) is 9.26 Å². The van der Waals surface area contributed by atoms with Crippen molar-refractivity contribution in [2.24, 2.45) is 5.92 Å². The average molecular weight is 268 g/mol. The van der Waals surface area contributed by atoms with Crippen LogP contribution in [0.25, 0.3) is 0 Å². The molecule has 0 spiro atoms. The van der Waals surface area contributed by atoms with Gasteiger partial charge < -0.3 is 14.0 Å². The predicted octanol–water partition coefficient (Wildman–Crippen LogP) is 1.84. The first kappa shape index (κ1) is 14.0. The Morgan fingerprint density at radius 2 is 2.11 bits per heavy atom. The van der Waals surface area contributed by atoms with E-state index in [1.807, 2.05) is 0 Å². The number of hydrogen-bond acceptors (Lipinski definition) is 6. The molecule has 1 aliphatic rings. The molecule has 1 aliphatic carbocycles. The van der Waals surface area contributed by atoms with Crippen molar-refractivity contribution in [3.05, 3.63) is 11.7 Å². The summed E-state index contributed by atoms with van der Waals surface area (Å²) in [5.41, 5.74) is -0.468. The van der Waals surface area contributed by atoms with Gasteiger partial charge in [-0.1, -0.05) is 12.1 Å². The summed E-state index contributed by atoms with van der Waals surface area (Å²) in [6.07, 6.45) is 3.91. The van der Waals surface area contributed by atoms with Gasteiger partial charge in [0.05, 0.1) is 7.11 Å². The molecule has 0 amide bonds. The maximum atomic E-state index is 11.2. The minimum Gasteiger partial charge on any atom is -0.469 e. The lowest BCUT2D eigenvalue weighted by Crippen LogP contribution is -2.34. The third-order valence-electron chi connectivity index (χ3n) is 3.87. The van der Waals surface area contributed by atoms with E-state index in [1.165, 1.54) is 7.11 Å². The molecule has 19 heavy (non-hydrogen) atoms. The summed E-state index contributed by atoms with van der Waals surface area (Å²) in [6.45, 7) is 2.23. The van der Waals surface area contributed by atoms with Gasteiger partial charge in [-0.3, -0.25) is 4.79 Å². The Hall–Kier alpha value is -1.43. The highest BCUT2D eigenvalue weighted by atomic mass is 16.5. The van der Waals surface area contributed by atoms with Gasteiger partial charge in [-0.25, -0.2) is 0 Å². The van der Waals surface area contributed by atoms with Crippen LogP contribution in [-0.2, 0) is 26.3 Å². The predicted molar refractivity (Wildman–Crippen MR) is 66.3 cm³/mol. The van der Waals surface area contributed by atoms with E-state index >= 15 is 0 Å². The summed E-state index contributed by atoms with van der Waals surface area (Å²) in [4.78, 5) is 15.5. The first-order chi connectivity index (χ1) is 9.09. The van der Waals surface area contributed by atoms with Crippen LogP contribution in [0.4, 0.5) is 0 Å². The number of methoxy groups -OCH3 is 2. The van der Waals surface area contributed by atoms with Gasteiger partial charge in [0.25, 0.3) is 0 Å². The lowest BCUT2D eigenvalue weighted by molar-refractivity contribution is -0.140. The molecule has 0 bridgehead atoms. The third kappa shape index (κ3) is 2.94. The fraction of sp³-hybridized carbons (Fsp3) is 0.769. The number of esters is 1. The second kappa shape index (κ2) is 5.69. The summed E-state index contributed by atoms with van der Waals surface area (Å²) in [6, 6.07) is 0. The fourth-order valence-electron chi connectivity index (χ4n) is 2.45. The molecule has 6 heteroatoms. The molecule has 0 saturated heterocycles. The number of rotatable bonds is 4. The molecule has 2 rings (SSSR count). The molecule has 1 saturated carbocycles. The van der Waals surface area contributed by atoms with E-state index in [0.717, 1.165) is 25.7 Å². The summed E-state index contributed by atoms with van der Waals surface area (Å²) in [5, 5.41) is 3.98. The normalized spacial score (nSPS) is 27.2. The number of carbonyl (C=O) groups excluding carboxylic acids is 1. The molecule has 1 aromatic heterocycles. The van der Waals surface area contributed by atoms with Crippen LogP contribution in [0.3, 0.4) is 0 Å². The molecule has 6 nitrogen and oxygen atoms in total. The second-order valence-corrected chi connectivity index (χ2v) is 5.15. The Kier molecular flexibility index (Phi) is 4.19.